The number of amides is 4. The number of pyridine rings is 1. The third-order valence-electron chi connectivity index (χ3n) is 18.8. The summed E-state index contributed by atoms with van der Waals surface area (Å²) in [6, 6.07) is 14.3. The molecule has 0 radical (unpaired) electrons. The number of aliphatic hydroxyl groups is 1. The summed E-state index contributed by atoms with van der Waals surface area (Å²) in [5.74, 6) is -5.04. The molecule has 9 rings (SSSR count). The van der Waals surface area contributed by atoms with Crippen LogP contribution in [0.25, 0.3) is 6.08 Å². The number of aliphatic imine (C=N–C) groups is 1. The molecular weight excluding hydrogens is 1560 g/mol. The zero-order valence-corrected chi connectivity index (χ0v) is 70.9. The van der Waals surface area contributed by atoms with Crippen LogP contribution in [0.2, 0.25) is 80.1 Å². The van der Waals surface area contributed by atoms with Gasteiger partial charge < -0.3 is 24.4 Å². The topological polar surface area (TPSA) is 327 Å². The summed E-state index contributed by atoms with van der Waals surface area (Å²) in [6.45, 7) is 32.9. The van der Waals surface area contributed by atoms with E-state index >= 15 is 19.2 Å². The van der Waals surface area contributed by atoms with Crippen molar-refractivity contribution >= 4 is 151 Å². The second-order valence-electron chi connectivity index (χ2n) is 30.9. The molecule has 6 aromatic rings. The van der Waals surface area contributed by atoms with Gasteiger partial charge in [-0.05, 0) is 44.1 Å². The quantitative estimate of drug-likeness (QED) is 0.0212. The Morgan fingerprint density at radius 1 is 0.740 bits per heavy atom. The van der Waals surface area contributed by atoms with Crippen LogP contribution in [0, 0.1) is 5.92 Å². The molecule has 31 heteroatoms. The number of nitrogens with two attached hydrogens (primary N) is 1. The third-order valence-corrected chi connectivity index (χ3v) is 34.3. The van der Waals surface area contributed by atoms with Gasteiger partial charge in [-0.1, -0.05) is 60.1 Å². The monoisotopic (exact) mass is 1660 g/mol. The molecule has 0 saturated carbocycles. The first-order valence-electron chi connectivity index (χ1n) is 35.1. The minimum absolute atomic E-state index is 0.00207. The molecule has 0 spiro atoms. The van der Waals surface area contributed by atoms with Gasteiger partial charge in [0.05, 0.1) is 19.3 Å². The Kier molecular flexibility index (Phi) is 27.3. The number of aliphatic hydroxyl groups excluding tert-OH is 1. The van der Waals surface area contributed by atoms with Crippen molar-refractivity contribution in [2.24, 2.45) is 16.6 Å². The van der Waals surface area contributed by atoms with Crippen LogP contribution >= 0.6 is 34.0 Å². The van der Waals surface area contributed by atoms with Crippen molar-refractivity contribution in [2.45, 2.75) is 215 Å². The van der Waals surface area contributed by atoms with Crippen molar-refractivity contribution in [3.05, 3.63) is 144 Å². The molecule has 104 heavy (non-hydrogen) atoms. The normalized spacial score (nSPS) is 23.7. The van der Waals surface area contributed by atoms with Gasteiger partial charge in [0, 0.05) is 21.5 Å². The zero-order valence-electron chi connectivity index (χ0n) is 62.0. The molecule has 2 aliphatic heterocycles. The van der Waals surface area contributed by atoms with E-state index in [0.717, 1.165) is 37.6 Å². The molecule has 560 valence electrons. The van der Waals surface area contributed by atoms with Crippen molar-refractivity contribution in [3.63, 3.8) is 0 Å². The van der Waals surface area contributed by atoms with E-state index in [9.17, 15) is 19.5 Å². The van der Waals surface area contributed by atoms with E-state index in [2.05, 4.69) is 99.7 Å². The van der Waals surface area contributed by atoms with Crippen LogP contribution in [0.15, 0.2) is 93.9 Å². The number of aromatic nitrogens is 4. The summed E-state index contributed by atoms with van der Waals surface area (Å²) in [7, 11) is -5.68. The molecule has 6 heterocycles. The van der Waals surface area contributed by atoms with Gasteiger partial charge in [-0.2, -0.15) is 0 Å². The predicted molar refractivity (Wildman–Crippen MR) is 419 cm³/mol. The average Bonchev–Trinajstić information content (AvgIpc) is 1.63. The fourth-order valence-electron chi connectivity index (χ4n) is 11.4. The van der Waals surface area contributed by atoms with Crippen molar-refractivity contribution in [1.82, 2.24) is 46.5 Å². The molecule has 0 saturated heterocycles. The van der Waals surface area contributed by atoms with Gasteiger partial charge >= 0.3 is 422 Å². The summed E-state index contributed by atoms with van der Waals surface area (Å²) in [4.78, 5) is 129. The summed E-state index contributed by atoms with van der Waals surface area (Å²) in [5, 5.41) is 34.3. The van der Waals surface area contributed by atoms with E-state index in [1.807, 2.05) is 87.5 Å². The van der Waals surface area contributed by atoms with Crippen molar-refractivity contribution in [2.75, 3.05) is 13.2 Å². The molecule has 8 N–H and O–H groups in total. The summed E-state index contributed by atoms with van der Waals surface area (Å²) < 4.78 is 26.7. The maximum absolute atomic E-state index is 15.6. The van der Waals surface area contributed by atoms with Gasteiger partial charge in [0.15, 0.2) is 14.0 Å². The predicted octanol–water partition coefficient (Wildman–Crippen LogP) is 9.53. The number of ether oxygens (including phenoxy) is 3. The van der Waals surface area contributed by atoms with E-state index in [1.54, 1.807) is 35.2 Å². The van der Waals surface area contributed by atoms with Crippen LogP contribution in [0.1, 0.15) is 162 Å². The number of rotatable bonds is 20. The fourth-order valence-corrected chi connectivity index (χ4v) is 20.9. The van der Waals surface area contributed by atoms with E-state index in [0.29, 0.717) is 38.6 Å². The van der Waals surface area contributed by atoms with E-state index < -0.39 is 153 Å². The Morgan fingerprint density at radius 3 is 1.88 bits per heavy atom. The molecule has 0 fully saturated rings. The van der Waals surface area contributed by atoms with Crippen molar-refractivity contribution in [3.8, 4) is 0 Å². The van der Waals surface area contributed by atoms with Gasteiger partial charge in [-0.3, -0.25) is 0 Å². The van der Waals surface area contributed by atoms with Crippen LogP contribution in [0.4, 0.5) is 0 Å². The van der Waals surface area contributed by atoms with Crippen molar-refractivity contribution in [1.29, 1.82) is 0 Å². The molecule has 4 amide bonds. The van der Waals surface area contributed by atoms with Crippen LogP contribution in [-0.4, -0.2) is 176 Å². The first-order valence-corrected chi connectivity index (χ1v) is 52.2. The Labute approximate surface area is 637 Å². The van der Waals surface area contributed by atoms with E-state index in [1.165, 1.54) is 18.3 Å². The van der Waals surface area contributed by atoms with Gasteiger partial charge in [0.2, 0.25) is 0 Å². The molecule has 3 aliphatic rings. The number of fused-ring (bicyclic) bond motifs is 6. The molecule has 4 aromatic heterocycles. The van der Waals surface area contributed by atoms with Gasteiger partial charge in [0.25, 0.3) is 0 Å². The number of hydrogen-bond donors (Lipinski definition) is 7. The number of nitrogens with zero attached hydrogens (tertiary/aromatic N) is 5. The van der Waals surface area contributed by atoms with Crippen LogP contribution in [0.3, 0.4) is 0 Å². The number of cyclic esters (lactones) is 1. The first kappa shape index (κ1) is 81.8. The number of benzene rings is 2. The van der Waals surface area contributed by atoms with E-state index in [4.69, 9.17) is 49.3 Å². The molecule has 2 aromatic carbocycles. The molecular formula is C73H99N11O12S3Se2Si3. The number of hydrogen-bond acceptors (Lipinski definition) is 22. The van der Waals surface area contributed by atoms with Crippen molar-refractivity contribution < 1.29 is 57.3 Å². The Balaban J connectivity index is 1.18. The molecule has 0 unspecified atom stereocenters. The molecule has 23 nitrogen and oxygen atoms in total. The molecule has 1 aliphatic carbocycles. The fraction of sp³-hybridized carbons (Fsp3) is 0.507. The Morgan fingerprint density at radius 2 is 1.31 bits per heavy atom. The van der Waals surface area contributed by atoms with Crippen LogP contribution in [-0.2, 0) is 43.4 Å². The first-order chi connectivity index (χ1) is 48.9. The van der Waals surface area contributed by atoms with Crippen LogP contribution < -0.4 is 41.2 Å². The van der Waals surface area contributed by atoms with Crippen LogP contribution in [0.5, 0.6) is 0 Å². The SMILES string of the molecule is CC(C)[C@@H]1N[C@@H]2C=Cc3c([C@H](C)O[Si](C)(C)C(C)(C)C)cc(nc3[C@H]2O)C(=O)O[C@H](C)[C@H](N)c2nc(cs2)[C@H]2N=C(c3nc(C(=O)OCC[Si](C)(C)C)cs3)CC[C@@]2(c2nc(C(=O)OCC[Si](C)(C)C)cs2)NC(=O)[C@H](C)NC(=O)[C@H](C[Se]c2ccccc2)NC(=O)[C@H](C[Se]c2ccccc2)NC1=O. The van der Waals surface area contributed by atoms with E-state index in [-0.39, 0.29) is 84.5 Å². The summed E-state index contributed by atoms with van der Waals surface area (Å²) in [5.41, 5.74) is 7.46. The second-order valence-corrected chi connectivity index (χ2v) is 54.1. The summed E-state index contributed by atoms with van der Waals surface area (Å²) >= 11 is 2.71. The summed E-state index contributed by atoms with van der Waals surface area (Å²) in [6.07, 6.45) is 0.673. The van der Waals surface area contributed by atoms with Gasteiger partial charge in [-0.25, -0.2) is 19.4 Å². The average molecular weight is 1660 g/mol. The third kappa shape index (κ3) is 20.9. The Bertz CT molecular complexity index is 4130. The standard InChI is InChI=1S/C73H99N11O12S3Se2Si3/c1-41(2)58-65(89)80-56(40-101-46-25-21-18-22-26-46)64(88)79-55(39-100-45-23-19-17-20-24-45)63(87)75-42(3)62(86)84-73(71-83-54(38-99-71)69(91)94-32-34-103(12,13)14)30-29-50(66-82-53(37-97-66)68(90)93-31-33-102(9,10)11)78-61(73)52-36-98-67(81-52)57(74)44(5)95-70(92)51-35-48(43(4)96-104(15,16)72(6,7)8)47-27-28-49(76-58)60(85)59(47)77-51/h17-28,35-38,41-44,49,55-58,60-61,76,85H,29-34,39-40,74H2,1-16H3,(H,75,87)(H,79,88)(H,80,89)(H,84,86)/t42-,43-,44+,49+,55-,56-,57-,58-,60-,61+,73+/m0/s1. The van der Waals surface area contributed by atoms with Gasteiger partial charge in [-0.15, -0.1) is 11.3 Å². The maximum atomic E-state index is 15.6. The number of carbonyl (C=O) groups excluding carboxylic acids is 7. The number of thiazole rings is 3. The molecule has 11 atom stereocenters. The minimum atomic E-state index is -2.49. The number of carbonyl (C=O) groups is 7. The second kappa shape index (κ2) is 34.7. The Hall–Kier alpha value is -6.29. The zero-order chi connectivity index (χ0) is 75.8. The number of nitrogens with one attached hydrogen (secondary N) is 5. The molecule has 5 bridgehead atoms. The number of esters is 3. The van der Waals surface area contributed by atoms with Gasteiger partial charge in [0.1, 0.15) is 6.10 Å².